The Morgan fingerprint density at radius 2 is 2.12 bits per heavy atom. The molecule has 1 atom stereocenters. The van der Waals surface area contributed by atoms with Crippen LogP contribution in [0.4, 0.5) is 0 Å². The van der Waals surface area contributed by atoms with Crippen molar-refractivity contribution in [2.45, 2.75) is 44.5 Å². The molecular formula is C23H24N2O5S2. The number of carbonyl (C=O) groups is 2. The van der Waals surface area contributed by atoms with Crippen molar-refractivity contribution in [2.24, 2.45) is 0 Å². The van der Waals surface area contributed by atoms with E-state index >= 15 is 0 Å². The minimum absolute atomic E-state index is 0.00169. The summed E-state index contributed by atoms with van der Waals surface area (Å²) in [6.45, 7) is 4.98. The maximum Gasteiger partial charge on any atom is 0.337 e. The Hall–Kier alpha value is -2.49. The summed E-state index contributed by atoms with van der Waals surface area (Å²) in [6, 6.07) is 6.61. The van der Waals surface area contributed by atoms with Crippen molar-refractivity contribution in [1.82, 2.24) is 9.55 Å². The van der Waals surface area contributed by atoms with Crippen molar-refractivity contribution < 1.29 is 19.1 Å². The maximum absolute atomic E-state index is 13.3. The van der Waals surface area contributed by atoms with Gasteiger partial charge in [0.25, 0.3) is 5.56 Å². The predicted molar refractivity (Wildman–Crippen MR) is 125 cm³/mol. The van der Waals surface area contributed by atoms with E-state index in [4.69, 9.17) is 9.47 Å². The molecule has 1 fully saturated rings. The fourth-order valence-electron chi connectivity index (χ4n) is 3.82. The Labute approximate surface area is 193 Å². The van der Waals surface area contributed by atoms with Gasteiger partial charge in [0.05, 0.1) is 42.0 Å². The van der Waals surface area contributed by atoms with Crippen LogP contribution in [-0.2, 0) is 16.0 Å². The van der Waals surface area contributed by atoms with Crippen molar-refractivity contribution in [3.05, 3.63) is 55.5 Å². The number of ether oxygens (including phenoxy) is 2. The second-order valence-corrected chi connectivity index (χ2v) is 10.1. The standard InChI is InChI=1S/C23H24N2O5S2/c1-13-9-18(14(2)32-13)20(26)12-31-23-24-19-10-15(22(28)29-3)6-7-17(19)21(27)25(23)11-16-5-4-8-30-16/h6-7,9-10,16H,4-5,8,11-12H2,1-3H3/t16-/m0/s1. The number of ketones is 1. The second-order valence-electron chi connectivity index (χ2n) is 7.71. The van der Waals surface area contributed by atoms with E-state index in [-0.39, 0.29) is 23.2 Å². The van der Waals surface area contributed by atoms with Crippen LogP contribution in [0, 0.1) is 13.8 Å². The van der Waals surface area contributed by atoms with Gasteiger partial charge in [-0.15, -0.1) is 11.3 Å². The Balaban J connectivity index is 1.71. The number of Topliss-reactive ketones (excluding diaryl/α,β-unsaturated/α-hetero) is 1. The molecule has 7 nitrogen and oxygen atoms in total. The van der Waals surface area contributed by atoms with Gasteiger partial charge in [-0.25, -0.2) is 9.78 Å². The van der Waals surface area contributed by atoms with Gasteiger partial charge >= 0.3 is 5.97 Å². The first-order chi connectivity index (χ1) is 15.4. The first-order valence-corrected chi connectivity index (χ1v) is 12.1. The molecule has 3 aromatic rings. The normalized spacial score (nSPS) is 15.9. The molecule has 1 aromatic carbocycles. The fourth-order valence-corrected chi connectivity index (χ4v) is 5.66. The highest BCUT2D eigenvalue weighted by atomic mass is 32.2. The van der Waals surface area contributed by atoms with E-state index in [1.54, 1.807) is 34.1 Å². The number of hydrogen-bond donors (Lipinski definition) is 0. The molecule has 3 heterocycles. The lowest BCUT2D eigenvalue weighted by Crippen LogP contribution is -2.29. The van der Waals surface area contributed by atoms with E-state index in [0.29, 0.717) is 40.3 Å². The summed E-state index contributed by atoms with van der Waals surface area (Å²) >= 11 is 2.83. The molecule has 0 amide bonds. The summed E-state index contributed by atoms with van der Waals surface area (Å²) in [7, 11) is 1.31. The number of aromatic nitrogens is 2. The molecule has 0 saturated carbocycles. The minimum Gasteiger partial charge on any atom is -0.465 e. The molecule has 32 heavy (non-hydrogen) atoms. The van der Waals surface area contributed by atoms with Crippen molar-refractivity contribution in [1.29, 1.82) is 0 Å². The number of rotatable bonds is 7. The third-order valence-electron chi connectivity index (χ3n) is 5.43. The van der Waals surface area contributed by atoms with E-state index in [9.17, 15) is 14.4 Å². The fraction of sp³-hybridized carbons (Fsp3) is 0.391. The summed E-state index contributed by atoms with van der Waals surface area (Å²) in [5, 5.41) is 0.855. The first-order valence-electron chi connectivity index (χ1n) is 10.3. The molecule has 4 rings (SSSR count). The Kier molecular flexibility index (Phi) is 6.78. The molecule has 168 valence electrons. The third-order valence-corrected chi connectivity index (χ3v) is 7.37. The average molecular weight is 473 g/mol. The van der Waals surface area contributed by atoms with Crippen LogP contribution in [0.2, 0.25) is 0 Å². The Morgan fingerprint density at radius 3 is 2.78 bits per heavy atom. The number of benzene rings is 1. The summed E-state index contributed by atoms with van der Waals surface area (Å²) in [5.74, 6) is -0.333. The van der Waals surface area contributed by atoms with Crippen LogP contribution in [0.25, 0.3) is 10.9 Å². The number of fused-ring (bicyclic) bond motifs is 1. The van der Waals surface area contributed by atoms with Gasteiger partial charge < -0.3 is 9.47 Å². The van der Waals surface area contributed by atoms with Crippen LogP contribution in [0.3, 0.4) is 0 Å². The van der Waals surface area contributed by atoms with E-state index < -0.39 is 5.97 Å². The van der Waals surface area contributed by atoms with Crippen molar-refractivity contribution in [3.8, 4) is 0 Å². The summed E-state index contributed by atoms with van der Waals surface area (Å²) in [5.41, 5.74) is 1.22. The van der Waals surface area contributed by atoms with Crippen molar-refractivity contribution in [2.75, 3.05) is 19.5 Å². The average Bonchev–Trinajstić information content (AvgIpc) is 3.42. The molecule has 1 saturated heterocycles. The quantitative estimate of drug-likeness (QED) is 0.222. The van der Waals surface area contributed by atoms with Crippen LogP contribution in [0.15, 0.2) is 34.2 Å². The lowest BCUT2D eigenvalue weighted by molar-refractivity contribution is 0.0600. The zero-order valence-corrected chi connectivity index (χ0v) is 19.8. The maximum atomic E-state index is 13.3. The monoisotopic (exact) mass is 472 g/mol. The van der Waals surface area contributed by atoms with Crippen LogP contribution in [0.5, 0.6) is 0 Å². The van der Waals surface area contributed by atoms with Crippen LogP contribution < -0.4 is 5.56 Å². The van der Waals surface area contributed by atoms with Crippen LogP contribution >= 0.6 is 23.1 Å². The Bertz CT molecular complexity index is 1240. The minimum atomic E-state index is -0.495. The lowest BCUT2D eigenvalue weighted by Gasteiger charge is -2.16. The zero-order valence-electron chi connectivity index (χ0n) is 18.2. The number of esters is 1. The third kappa shape index (κ3) is 4.65. The molecule has 0 N–H and O–H groups in total. The number of hydrogen-bond acceptors (Lipinski definition) is 8. The molecule has 1 aliphatic heterocycles. The Morgan fingerprint density at radius 1 is 1.31 bits per heavy atom. The number of methoxy groups -OCH3 is 1. The van der Waals surface area contributed by atoms with Gasteiger partial charge in [-0.05, 0) is 51.0 Å². The van der Waals surface area contributed by atoms with E-state index in [1.165, 1.54) is 18.9 Å². The number of thioether (sulfide) groups is 1. The van der Waals surface area contributed by atoms with E-state index in [2.05, 4.69) is 4.98 Å². The molecule has 0 bridgehead atoms. The van der Waals surface area contributed by atoms with Crippen LogP contribution in [0.1, 0.15) is 43.3 Å². The second kappa shape index (κ2) is 9.56. The topological polar surface area (TPSA) is 87.5 Å². The lowest BCUT2D eigenvalue weighted by atomic mass is 10.1. The number of thiophene rings is 1. The molecule has 0 spiro atoms. The predicted octanol–water partition coefficient (Wildman–Crippen LogP) is 4.02. The van der Waals surface area contributed by atoms with E-state index in [1.807, 2.05) is 19.9 Å². The van der Waals surface area contributed by atoms with Crippen LogP contribution in [-0.4, -0.2) is 46.9 Å². The number of nitrogens with zero attached hydrogens (tertiary/aromatic N) is 2. The largest absolute Gasteiger partial charge is 0.465 e. The molecule has 1 aliphatic rings. The summed E-state index contributed by atoms with van der Waals surface area (Å²) < 4.78 is 12.1. The SMILES string of the molecule is COC(=O)c1ccc2c(=O)n(C[C@@H]3CCCO3)c(SCC(=O)c3cc(C)sc3C)nc2c1. The zero-order chi connectivity index (χ0) is 22.8. The van der Waals surface area contributed by atoms with Gasteiger partial charge in [-0.1, -0.05) is 11.8 Å². The summed E-state index contributed by atoms with van der Waals surface area (Å²) in [6.07, 6.45) is 1.78. The number of carbonyl (C=O) groups excluding carboxylic acids is 2. The highest BCUT2D eigenvalue weighted by Gasteiger charge is 2.22. The van der Waals surface area contributed by atoms with Gasteiger partial charge in [0, 0.05) is 21.9 Å². The van der Waals surface area contributed by atoms with Gasteiger partial charge in [0.2, 0.25) is 0 Å². The van der Waals surface area contributed by atoms with Gasteiger partial charge in [0.1, 0.15) is 0 Å². The molecular weight excluding hydrogens is 448 g/mol. The van der Waals surface area contributed by atoms with Crippen molar-refractivity contribution in [3.63, 3.8) is 0 Å². The summed E-state index contributed by atoms with van der Waals surface area (Å²) in [4.78, 5) is 44.8. The van der Waals surface area contributed by atoms with Gasteiger partial charge in [-0.3, -0.25) is 14.2 Å². The molecule has 9 heteroatoms. The smallest absolute Gasteiger partial charge is 0.337 e. The van der Waals surface area contributed by atoms with Crippen molar-refractivity contribution >= 4 is 45.8 Å². The first kappa shape index (κ1) is 22.7. The van der Waals surface area contributed by atoms with Gasteiger partial charge in [-0.2, -0.15) is 0 Å². The molecule has 2 aromatic heterocycles. The molecule has 0 unspecified atom stereocenters. The highest BCUT2D eigenvalue weighted by Crippen LogP contribution is 2.26. The number of aryl methyl sites for hydroxylation is 2. The molecule has 0 radical (unpaired) electrons. The van der Waals surface area contributed by atoms with E-state index in [0.717, 1.165) is 22.6 Å². The molecule has 0 aliphatic carbocycles. The highest BCUT2D eigenvalue weighted by molar-refractivity contribution is 7.99. The van der Waals surface area contributed by atoms with Gasteiger partial charge in [0.15, 0.2) is 10.9 Å².